The largest absolute Gasteiger partial charge is 0.380 e. The first-order valence-electron chi connectivity index (χ1n) is 11.8. The van der Waals surface area contributed by atoms with Crippen molar-refractivity contribution in [3.63, 3.8) is 0 Å². The molecule has 0 spiro atoms. The van der Waals surface area contributed by atoms with Crippen LogP contribution in [0.25, 0.3) is 32.0 Å². The minimum absolute atomic E-state index is 0.142. The van der Waals surface area contributed by atoms with Crippen LogP contribution in [0.1, 0.15) is 20.9 Å². The van der Waals surface area contributed by atoms with Crippen LogP contribution in [0.4, 0.5) is 26.3 Å². The Balaban J connectivity index is 1.83. The number of allylic oxidation sites excluding steroid dienone is 2. The summed E-state index contributed by atoms with van der Waals surface area (Å²) in [7, 11) is 2.64. The van der Waals surface area contributed by atoms with E-state index in [0.717, 1.165) is 22.7 Å². The van der Waals surface area contributed by atoms with Crippen LogP contribution in [0.3, 0.4) is 0 Å². The first-order chi connectivity index (χ1) is 18.5. The van der Waals surface area contributed by atoms with E-state index in [1.165, 1.54) is 26.4 Å². The molecule has 0 saturated heterocycles. The third kappa shape index (κ3) is 4.43. The fourth-order valence-corrected chi connectivity index (χ4v) is 6.97. The van der Waals surface area contributed by atoms with Crippen LogP contribution in [0.15, 0.2) is 72.8 Å². The molecule has 5 rings (SSSR count). The highest BCUT2D eigenvalue weighted by molar-refractivity contribution is 7.16. The Hall–Kier alpha value is -2.92. The van der Waals surface area contributed by atoms with Crippen molar-refractivity contribution in [3.8, 4) is 20.9 Å². The van der Waals surface area contributed by atoms with E-state index in [9.17, 15) is 0 Å². The van der Waals surface area contributed by atoms with Crippen LogP contribution in [-0.2, 0) is 22.7 Å². The Bertz CT molecular complexity index is 1400. The molecule has 0 atom stereocenters. The highest BCUT2D eigenvalue weighted by Crippen LogP contribution is 2.66. The molecular formula is C29H22F6O2S2. The molecule has 0 saturated carbocycles. The Labute approximate surface area is 229 Å². The third-order valence-corrected chi connectivity index (χ3v) is 8.81. The van der Waals surface area contributed by atoms with Gasteiger partial charge in [0.2, 0.25) is 0 Å². The molecule has 0 N–H and O–H groups in total. The van der Waals surface area contributed by atoms with Gasteiger partial charge in [0.25, 0.3) is 0 Å². The zero-order chi connectivity index (χ0) is 28.0. The fourth-order valence-electron chi connectivity index (χ4n) is 4.68. The van der Waals surface area contributed by atoms with E-state index in [4.69, 9.17) is 9.47 Å². The first kappa shape index (κ1) is 27.6. The lowest BCUT2D eigenvalue weighted by Crippen LogP contribution is -2.49. The Morgan fingerprint density at radius 3 is 1.28 bits per heavy atom. The average molecular weight is 581 g/mol. The monoisotopic (exact) mass is 580 g/mol. The van der Waals surface area contributed by atoms with Gasteiger partial charge >= 0.3 is 17.8 Å². The summed E-state index contributed by atoms with van der Waals surface area (Å²) in [5.41, 5.74) is -2.28. The van der Waals surface area contributed by atoms with Crippen molar-refractivity contribution in [1.82, 2.24) is 0 Å². The SMILES string of the molecule is COCc1sc(-c2ccccc2)cc1C1=C(c2cc(-c3ccccc3)sc2COC)C(F)(F)C(F)(F)C1(F)F. The van der Waals surface area contributed by atoms with Gasteiger partial charge in [-0.15, -0.1) is 22.7 Å². The third-order valence-electron chi connectivity index (χ3n) is 6.49. The van der Waals surface area contributed by atoms with Crippen LogP contribution in [-0.4, -0.2) is 32.0 Å². The molecule has 204 valence electrons. The summed E-state index contributed by atoms with van der Waals surface area (Å²) in [5, 5.41) is 0. The molecular weight excluding hydrogens is 558 g/mol. The van der Waals surface area contributed by atoms with Crippen molar-refractivity contribution in [2.75, 3.05) is 14.2 Å². The standard InChI is InChI=1S/C29H22F6O2S2/c1-36-15-23-19(13-21(38-23)17-9-5-3-6-10-17)25-26(28(32,33)29(34,35)27(25,30)31)20-14-22(39-24(20)16-37-2)18-11-7-4-8-12-18/h3-14H,15-16H2,1-2H3. The second-order valence-corrected chi connectivity index (χ2v) is 11.2. The molecule has 0 aliphatic heterocycles. The number of rotatable bonds is 8. The van der Waals surface area contributed by atoms with Crippen molar-refractivity contribution in [1.29, 1.82) is 0 Å². The normalized spacial score (nSPS) is 17.6. The Morgan fingerprint density at radius 1 is 0.590 bits per heavy atom. The number of methoxy groups -OCH3 is 2. The summed E-state index contributed by atoms with van der Waals surface area (Å²) in [6.45, 7) is -0.443. The number of benzene rings is 2. The second kappa shape index (κ2) is 10.2. The Kier molecular flexibility index (Phi) is 7.26. The van der Waals surface area contributed by atoms with Gasteiger partial charge in [-0.25, -0.2) is 0 Å². The van der Waals surface area contributed by atoms with Crippen LogP contribution in [0.2, 0.25) is 0 Å². The molecule has 2 aromatic carbocycles. The predicted molar refractivity (Wildman–Crippen MR) is 143 cm³/mol. The zero-order valence-electron chi connectivity index (χ0n) is 20.7. The first-order valence-corrected chi connectivity index (χ1v) is 13.4. The summed E-state index contributed by atoms with van der Waals surface area (Å²) >= 11 is 2.07. The van der Waals surface area contributed by atoms with Crippen molar-refractivity contribution in [3.05, 3.63) is 93.7 Å². The maximum atomic E-state index is 15.6. The molecule has 0 fully saturated rings. The number of thiophene rings is 2. The predicted octanol–water partition coefficient (Wildman–Crippen LogP) is 9.27. The van der Waals surface area contributed by atoms with E-state index in [1.54, 1.807) is 60.7 Å². The van der Waals surface area contributed by atoms with Crippen LogP contribution >= 0.6 is 22.7 Å². The van der Waals surface area contributed by atoms with Gasteiger partial charge in [-0.2, -0.15) is 26.3 Å². The van der Waals surface area contributed by atoms with E-state index >= 15 is 26.3 Å². The summed E-state index contributed by atoms with van der Waals surface area (Å²) in [4.78, 5) is 1.21. The van der Waals surface area contributed by atoms with Gasteiger partial charge < -0.3 is 9.47 Å². The lowest BCUT2D eigenvalue weighted by Gasteiger charge is -2.26. The quantitative estimate of drug-likeness (QED) is 0.194. The second-order valence-electron chi connectivity index (χ2n) is 8.97. The fraction of sp³-hybridized carbons (Fsp3) is 0.241. The Morgan fingerprint density at radius 2 is 0.949 bits per heavy atom. The summed E-state index contributed by atoms with van der Waals surface area (Å²) in [5.74, 6) is -16.0. The van der Waals surface area contributed by atoms with Crippen molar-refractivity contribution >= 4 is 33.8 Å². The molecule has 2 nitrogen and oxygen atoms in total. The van der Waals surface area contributed by atoms with E-state index in [1.807, 2.05) is 0 Å². The van der Waals surface area contributed by atoms with Gasteiger partial charge in [0.05, 0.1) is 13.2 Å². The van der Waals surface area contributed by atoms with E-state index < -0.39 is 28.9 Å². The van der Waals surface area contributed by atoms with Gasteiger partial charge in [0, 0.05) is 56.0 Å². The van der Waals surface area contributed by atoms with E-state index in [0.29, 0.717) is 20.9 Å². The van der Waals surface area contributed by atoms with Crippen LogP contribution < -0.4 is 0 Å². The minimum atomic E-state index is -5.66. The molecule has 0 amide bonds. The molecule has 4 aromatic rings. The summed E-state index contributed by atoms with van der Waals surface area (Å²) in [6.07, 6.45) is 0. The molecule has 1 aliphatic carbocycles. The number of hydrogen-bond donors (Lipinski definition) is 0. The lowest BCUT2D eigenvalue weighted by molar-refractivity contribution is -0.254. The average Bonchev–Trinajstić information content (AvgIpc) is 3.54. The molecule has 10 heteroatoms. The van der Waals surface area contributed by atoms with E-state index in [-0.39, 0.29) is 34.1 Å². The molecule has 2 heterocycles. The lowest BCUT2D eigenvalue weighted by atomic mass is 9.94. The van der Waals surface area contributed by atoms with Crippen molar-refractivity contribution < 1.29 is 35.8 Å². The van der Waals surface area contributed by atoms with E-state index in [2.05, 4.69) is 0 Å². The summed E-state index contributed by atoms with van der Waals surface area (Å²) < 4.78 is 103. The molecule has 0 bridgehead atoms. The highest BCUT2D eigenvalue weighted by atomic mass is 32.1. The molecule has 0 radical (unpaired) electrons. The molecule has 39 heavy (non-hydrogen) atoms. The van der Waals surface area contributed by atoms with Crippen molar-refractivity contribution in [2.24, 2.45) is 0 Å². The molecule has 0 unspecified atom stereocenters. The van der Waals surface area contributed by atoms with Gasteiger partial charge in [-0.1, -0.05) is 60.7 Å². The number of hydrogen-bond acceptors (Lipinski definition) is 4. The molecule has 2 aromatic heterocycles. The maximum Gasteiger partial charge on any atom is 0.380 e. The maximum absolute atomic E-state index is 15.6. The number of alkyl halides is 6. The van der Waals surface area contributed by atoms with Crippen molar-refractivity contribution in [2.45, 2.75) is 31.0 Å². The minimum Gasteiger partial charge on any atom is -0.379 e. The number of halogens is 6. The van der Waals surface area contributed by atoms with Crippen LogP contribution in [0.5, 0.6) is 0 Å². The van der Waals surface area contributed by atoms with Gasteiger partial charge in [-0.05, 0) is 23.3 Å². The van der Waals surface area contributed by atoms with Gasteiger partial charge in [0.15, 0.2) is 0 Å². The van der Waals surface area contributed by atoms with Gasteiger partial charge in [0.1, 0.15) is 0 Å². The zero-order valence-corrected chi connectivity index (χ0v) is 22.4. The molecule has 1 aliphatic rings. The van der Waals surface area contributed by atoms with Crippen LogP contribution in [0, 0.1) is 0 Å². The highest BCUT2D eigenvalue weighted by Gasteiger charge is 2.80. The topological polar surface area (TPSA) is 18.5 Å². The smallest absolute Gasteiger partial charge is 0.379 e. The number of ether oxygens (including phenoxy) is 2. The summed E-state index contributed by atoms with van der Waals surface area (Å²) in [6, 6.07) is 19.9. The van der Waals surface area contributed by atoms with Gasteiger partial charge in [-0.3, -0.25) is 0 Å².